The van der Waals surface area contributed by atoms with Crippen molar-refractivity contribution in [2.75, 3.05) is 13.6 Å². The lowest BCUT2D eigenvalue weighted by atomic mass is 9.94. The maximum absolute atomic E-state index is 13.3. The van der Waals surface area contributed by atoms with Crippen LogP contribution in [0, 0.1) is 11.6 Å². The van der Waals surface area contributed by atoms with Crippen LogP contribution < -0.4 is 5.32 Å². The number of hydrogen-bond donors (Lipinski definition) is 1. The number of benzene rings is 1. The van der Waals surface area contributed by atoms with E-state index in [4.69, 9.17) is 0 Å². The first kappa shape index (κ1) is 13.9. The molecule has 0 aliphatic carbocycles. The molecule has 0 amide bonds. The van der Waals surface area contributed by atoms with Gasteiger partial charge in [0.25, 0.3) is 0 Å². The molecule has 0 aromatic heterocycles. The Labute approximate surface area is 95.6 Å². The first-order valence-corrected chi connectivity index (χ1v) is 5.02. The summed E-state index contributed by atoms with van der Waals surface area (Å²) >= 11 is 0. The van der Waals surface area contributed by atoms with Crippen molar-refractivity contribution in [2.45, 2.75) is 18.5 Å². The molecule has 0 heterocycles. The summed E-state index contributed by atoms with van der Waals surface area (Å²) in [5, 5.41) is 2.56. The highest BCUT2D eigenvalue weighted by molar-refractivity contribution is 5.24. The summed E-state index contributed by atoms with van der Waals surface area (Å²) in [6.45, 7) is 0.0696. The lowest BCUT2D eigenvalue weighted by molar-refractivity contribution is -0.152. The summed E-state index contributed by atoms with van der Waals surface area (Å²) in [6.07, 6.45) is -4.92. The van der Waals surface area contributed by atoms with E-state index in [2.05, 4.69) is 5.32 Å². The zero-order valence-corrected chi connectivity index (χ0v) is 9.11. The number of rotatable bonds is 4. The van der Waals surface area contributed by atoms with Gasteiger partial charge in [-0.05, 0) is 38.2 Å². The molecule has 0 radical (unpaired) electrons. The zero-order valence-electron chi connectivity index (χ0n) is 9.11. The summed E-state index contributed by atoms with van der Waals surface area (Å²) in [6, 6.07) is 2.11. The molecule has 1 unspecified atom stereocenters. The fourth-order valence-electron chi connectivity index (χ4n) is 1.57. The van der Waals surface area contributed by atoms with Gasteiger partial charge in [0, 0.05) is 5.56 Å². The molecular weight excluding hydrogens is 241 g/mol. The molecule has 0 saturated heterocycles. The average Bonchev–Trinajstić information content (AvgIpc) is 2.21. The van der Waals surface area contributed by atoms with Gasteiger partial charge in [0.15, 0.2) is 0 Å². The smallest absolute Gasteiger partial charge is 0.320 e. The highest BCUT2D eigenvalue weighted by Crippen LogP contribution is 2.38. The van der Waals surface area contributed by atoms with Gasteiger partial charge in [-0.3, -0.25) is 0 Å². The minimum Gasteiger partial charge on any atom is -0.320 e. The van der Waals surface area contributed by atoms with Gasteiger partial charge in [-0.1, -0.05) is 0 Å². The molecule has 1 atom stereocenters. The van der Waals surface area contributed by atoms with Crippen molar-refractivity contribution >= 4 is 0 Å². The summed E-state index contributed by atoms with van der Waals surface area (Å²) in [5.41, 5.74) is -0.646. The molecule has 0 saturated carbocycles. The molecule has 1 aromatic rings. The second-order valence-electron chi connectivity index (χ2n) is 3.65. The molecular formula is C11H12F5N. The second kappa shape index (κ2) is 5.44. The SMILES string of the molecule is CNCCC(c1cc(F)ccc1F)C(F)(F)F. The van der Waals surface area contributed by atoms with Gasteiger partial charge >= 0.3 is 6.18 Å². The van der Waals surface area contributed by atoms with E-state index in [9.17, 15) is 22.0 Å². The molecule has 0 bridgehead atoms. The summed E-state index contributed by atoms with van der Waals surface area (Å²) in [5.74, 6) is -3.91. The van der Waals surface area contributed by atoms with Gasteiger partial charge < -0.3 is 5.32 Å². The largest absolute Gasteiger partial charge is 0.395 e. The minimum absolute atomic E-state index is 0.0696. The van der Waals surface area contributed by atoms with E-state index in [0.717, 1.165) is 6.07 Å². The predicted molar refractivity (Wildman–Crippen MR) is 53.7 cm³/mol. The van der Waals surface area contributed by atoms with Gasteiger partial charge in [-0.15, -0.1) is 0 Å². The standard InChI is InChI=1S/C11H12F5N/c1-17-5-4-9(11(14,15)16)8-6-7(12)2-3-10(8)13/h2-3,6,9,17H,4-5H2,1H3. The second-order valence-corrected chi connectivity index (χ2v) is 3.65. The third-order valence-corrected chi connectivity index (χ3v) is 2.41. The van der Waals surface area contributed by atoms with Crippen LogP contribution in [0.2, 0.25) is 0 Å². The lowest BCUT2D eigenvalue weighted by Gasteiger charge is -2.21. The maximum atomic E-state index is 13.3. The van der Waals surface area contributed by atoms with Gasteiger partial charge in [-0.2, -0.15) is 13.2 Å². The maximum Gasteiger partial charge on any atom is 0.395 e. The first-order valence-electron chi connectivity index (χ1n) is 5.02. The van der Waals surface area contributed by atoms with Crippen LogP contribution in [0.5, 0.6) is 0 Å². The molecule has 0 aliphatic heterocycles. The van der Waals surface area contributed by atoms with Crippen LogP contribution in [0.4, 0.5) is 22.0 Å². The summed E-state index contributed by atoms with van der Waals surface area (Å²) in [7, 11) is 1.50. The van der Waals surface area contributed by atoms with Crippen molar-refractivity contribution in [3.05, 3.63) is 35.4 Å². The van der Waals surface area contributed by atoms with Crippen molar-refractivity contribution in [1.29, 1.82) is 0 Å². The molecule has 17 heavy (non-hydrogen) atoms. The van der Waals surface area contributed by atoms with Crippen LogP contribution in [0.3, 0.4) is 0 Å². The molecule has 1 N–H and O–H groups in total. The number of halogens is 5. The predicted octanol–water partition coefficient (Wildman–Crippen LogP) is 3.22. The summed E-state index contributed by atoms with van der Waals surface area (Å²) in [4.78, 5) is 0. The highest BCUT2D eigenvalue weighted by atomic mass is 19.4. The van der Waals surface area contributed by atoms with Crippen molar-refractivity contribution in [1.82, 2.24) is 5.32 Å². The van der Waals surface area contributed by atoms with Gasteiger partial charge in [0.1, 0.15) is 11.6 Å². The van der Waals surface area contributed by atoms with E-state index in [1.807, 2.05) is 0 Å². The fraction of sp³-hybridized carbons (Fsp3) is 0.455. The van der Waals surface area contributed by atoms with E-state index >= 15 is 0 Å². The Morgan fingerprint density at radius 3 is 2.41 bits per heavy atom. The van der Waals surface area contributed by atoms with E-state index < -0.39 is 29.3 Å². The Morgan fingerprint density at radius 1 is 1.24 bits per heavy atom. The molecule has 0 aliphatic rings. The Hall–Kier alpha value is -1.17. The molecule has 1 rings (SSSR count). The van der Waals surface area contributed by atoms with Crippen LogP contribution in [0.25, 0.3) is 0 Å². The van der Waals surface area contributed by atoms with Crippen LogP contribution in [0.15, 0.2) is 18.2 Å². The fourth-order valence-corrected chi connectivity index (χ4v) is 1.57. The third-order valence-electron chi connectivity index (χ3n) is 2.41. The zero-order chi connectivity index (χ0) is 13.1. The Balaban J connectivity index is 3.08. The normalized spacial score (nSPS) is 13.8. The molecule has 1 aromatic carbocycles. The molecule has 1 nitrogen and oxygen atoms in total. The van der Waals surface area contributed by atoms with Crippen LogP contribution >= 0.6 is 0 Å². The van der Waals surface area contributed by atoms with Crippen LogP contribution in [0.1, 0.15) is 17.9 Å². The van der Waals surface area contributed by atoms with Gasteiger partial charge in [0.05, 0.1) is 5.92 Å². The monoisotopic (exact) mass is 253 g/mol. The first-order chi connectivity index (χ1) is 7.86. The molecule has 0 spiro atoms. The molecule has 0 fully saturated rings. The number of nitrogens with one attached hydrogen (secondary N) is 1. The van der Waals surface area contributed by atoms with Crippen molar-refractivity contribution in [3.8, 4) is 0 Å². The topological polar surface area (TPSA) is 12.0 Å². The Kier molecular flexibility index (Phi) is 4.45. The van der Waals surface area contributed by atoms with Gasteiger partial charge in [-0.25, -0.2) is 8.78 Å². The Bertz CT molecular complexity index is 375. The Morgan fingerprint density at radius 2 is 1.88 bits per heavy atom. The van der Waals surface area contributed by atoms with Gasteiger partial charge in [0.2, 0.25) is 0 Å². The number of alkyl halides is 3. The minimum atomic E-state index is -4.59. The van der Waals surface area contributed by atoms with E-state index in [0.29, 0.717) is 12.1 Å². The molecule has 6 heteroatoms. The highest BCUT2D eigenvalue weighted by Gasteiger charge is 2.41. The summed E-state index contributed by atoms with van der Waals surface area (Å²) < 4.78 is 64.3. The van der Waals surface area contributed by atoms with E-state index in [1.165, 1.54) is 7.05 Å². The van der Waals surface area contributed by atoms with Crippen molar-refractivity contribution < 1.29 is 22.0 Å². The van der Waals surface area contributed by atoms with Crippen molar-refractivity contribution in [3.63, 3.8) is 0 Å². The van der Waals surface area contributed by atoms with E-state index in [-0.39, 0.29) is 13.0 Å². The quantitative estimate of drug-likeness (QED) is 0.812. The van der Waals surface area contributed by atoms with Crippen LogP contribution in [-0.4, -0.2) is 19.8 Å². The number of hydrogen-bond acceptors (Lipinski definition) is 1. The average molecular weight is 253 g/mol. The lowest BCUT2D eigenvalue weighted by Crippen LogP contribution is -2.25. The third kappa shape index (κ3) is 3.66. The van der Waals surface area contributed by atoms with E-state index in [1.54, 1.807) is 0 Å². The van der Waals surface area contributed by atoms with Crippen LogP contribution in [-0.2, 0) is 0 Å². The van der Waals surface area contributed by atoms with Crippen molar-refractivity contribution in [2.24, 2.45) is 0 Å². The molecule has 96 valence electrons.